The van der Waals surface area contributed by atoms with E-state index in [9.17, 15) is 0 Å². The Labute approximate surface area is 303 Å². The number of anilines is 5. The zero-order chi connectivity index (χ0) is 34.0. The lowest BCUT2D eigenvalue weighted by molar-refractivity contribution is 0.787. The van der Waals surface area contributed by atoms with Crippen LogP contribution in [0.3, 0.4) is 0 Å². The van der Waals surface area contributed by atoms with Crippen LogP contribution in [0, 0.1) is 0 Å². The van der Waals surface area contributed by atoms with Gasteiger partial charge in [0.1, 0.15) is 0 Å². The SMILES string of the molecule is C1=CC(N(c2ccccc2)c2ccccc2)CC=C1c1ccc2sc3c(-c4ccc(N(c5ccccc5)c5ccccc5)cc4)cccc3c2c1. The molecular formula is C48H36N2S. The van der Waals surface area contributed by atoms with Crippen molar-refractivity contribution in [2.75, 3.05) is 9.80 Å². The second-order valence-corrected chi connectivity index (χ2v) is 14.0. The molecule has 9 rings (SSSR count). The number of fused-ring (bicyclic) bond motifs is 3. The lowest BCUT2D eigenvalue weighted by Gasteiger charge is -2.33. The molecule has 0 aliphatic heterocycles. The Hall–Kier alpha value is -6.16. The van der Waals surface area contributed by atoms with Gasteiger partial charge in [-0.05, 0) is 101 Å². The number of hydrogen-bond acceptors (Lipinski definition) is 3. The van der Waals surface area contributed by atoms with Crippen LogP contribution in [0.4, 0.5) is 28.4 Å². The van der Waals surface area contributed by atoms with E-state index >= 15 is 0 Å². The molecule has 7 aromatic carbocycles. The lowest BCUT2D eigenvalue weighted by Crippen LogP contribution is -2.30. The number of benzene rings is 7. The van der Waals surface area contributed by atoms with E-state index in [1.54, 1.807) is 0 Å². The van der Waals surface area contributed by atoms with Crippen molar-refractivity contribution in [2.45, 2.75) is 12.5 Å². The van der Waals surface area contributed by atoms with Gasteiger partial charge in [0.05, 0.1) is 6.04 Å². The fourth-order valence-electron chi connectivity index (χ4n) is 7.32. The zero-order valence-electron chi connectivity index (χ0n) is 28.1. The molecule has 51 heavy (non-hydrogen) atoms. The molecule has 1 heterocycles. The summed E-state index contributed by atoms with van der Waals surface area (Å²) in [4.78, 5) is 4.75. The minimum absolute atomic E-state index is 0.241. The molecule has 244 valence electrons. The molecule has 0 saturated carbocycles. The highest BCUT2D eigenvalue weighted by molar-refractivity contribution is 7.26. The summed E-state index contributed by atoms with van der Waals surface area (Å²) in [6.45, 7) is 0. The van der Waals surface area contributed by atoms with Crippen LogP contribution in [0.2, 0.25) is 0 Å². The Morgan fingerprint density at radius 1 is 0.471 bits per heavy atom. The van der Waals surface area contributed by atoms with Gasteiger partial charge in [0, 0.05) is 48.6 Å². The van der Waals surface area contributed by atoms with Gasteiger partial charge in [-0.3, -0.25) is 0 Å². The van der Waals surface area contributed by atoms with Gasteiger partial charge in [-0.1, -0.05) is 127 Å². The zero-order valence-corrected chi connectivity index (χ0v) is 29.0. The second-order valence-electron chi connectivity index (χ2n) is 12.9. The standard InChI is InChI=1S/C48H36N2S/c1-5-14-38(15-6-1)49(39-16-7-2-8-17-39)42-29-24-35(25-30-42)37-28-33-47-46(34-37)45-23-13-22-44(48(45)51-47)36-26-31-43(32-27-36)50(40-18-9-3-10-19-40)41-20-11-4-12-21-41/h1-29,31-34,42H,30H2. The van der Waals surface area contributed by atoms with Gasteiger partial charge in [0.25, 0.3) is 0 Å². The highest BCUT2D eigenvalue weighted by Gasteiger charge is 2.21. The summed E-state index contributed by atoms with van der Waals surface area (Å²) in [7, 11) is 0. The monoisotopic (exact) mass is 672 g/mol. The van der Waals surface area contributed by atoms with Crippen LogP contribution in [0.15, 0.2) is 200 Å². The van der Waals surface area contributed by atoms with Crippen molar-refractivity contribution in [3.63, 3.8) is 0 Å². The maximum atomic E-state index is 2.44. The number of nitrogens with zero attached hydrogens (tertiary/aromatic N) is 2. The quantitative estimate of drug-likeness (QED) is 0.158. The fraction of sp³-hybridized carbons (Fsp3) is 0.0417. The molecule has 1 atom stereocenters. The van der Waals surface area contributed by atoms with Crippen molar-refractivity contribution in [3.05, 3.63) is 206 Å². The van der Waals surface area contributed by atoms with Crippen LogP contribution >= 0.6 is 11.3 Å². The smallest absolute Gasteiger partial charge is 0.0560 e. The third kappa shape index (κ3) is 6.03. The Morgan fingerprint density at radius 2 is 1.02 bits per heavy atom. The first-order chi connectivity index (χ1) is 25.3. The summed E-state index contributed by atoms with van der Waals surface area (Å²) in [6, 6.07) is 65.5. The van der Waals surface area contributed by atoms with E-state index in [0.29, 0.717) is 0 Å². The molecule has 1 aromatic heterocycles. The molecule has 1 aliphatic rings. The molecule has 0 N–H and O–H groups in total. The van der Waals surface area contributed by atoms with Gasteiger partial charge in [-0.15, -0.1) is 11.3 Å². The Kier molecular flexibility index (Phi) is 8.25. The highest BCUT2D eigenvalue weighted by atomic mass is 32.1. The first-order valence-corrected chi connectivity index (χ1v) is 18.4. The number of thiophene rings is 1. The van der Waals surface area contributed by atoms with Crippen molar-refractivity contribution in [2.24, 2.45) is 0 Å². The molecule has 1 aliphatic carbocycles. The molecule has 3 heteroatoms. The van der Waals surface area contributed by atoms with Gasteiger partial charge < -0.3 is 9.80 Å². The van der Waals surface area contributed by atoms with Gasteiger partial charge in [-0.25, -0.2) is 0 Å². The van der Waals surface area contributed by atoms with E-state index in [-0.39, 0.29) is 6.04 Å². The summed E-state index contributed by atoms with van der Waals surface area (Å²) in [6.07, 6.45) is 8.01. The predicted octanol–water partition coefficient (Wildman–Crippen LogP) is 13.7. The van der Waals surface area contributed by atoms with Gasteiger partial charge >= 0.3 is 0 Å². The van der Waals surface area contributed by atoms with Crippen LogP contribution in [0.5, 0.6) is 0 Å². The van der Waals surface area contributed by atoms with E-state index in [0.717, 1.165) is 23.5 Å². The topological polar surface area (TPSA) is 6.48 Å². The largest absolute Gasteiger partial charge is 0.334 e. The average molecular weight is 673 g/mol. The van der Waals surface area contributed by atoms with Crippen molar-refractivity contribution in [3.8, 4) is 11.1 Å². The number of allylic oxidation sites excluding steroid dienone is 2. The van der Waals surface area contributed by atoms with Crippen LogP contribution < -0.4 is 9.80 Å². The maximum Gasteiger partial charge on any atom is 0.0560 e. The molecule has 0 radical (unpaired) electrons. The average Bonchev–Trinajstić information content (AvgIpc) is 3.59. The van der Waals surface area contributed by atoms with Crippen molar-refractivity contribution >= 4 is 65.5 Å². The Balaban J connectivity index is 1.02. The Morgan fingerprint density at radius 3 is 1.59 bits per heavy atom. The summed E-state index contributed by atoms with van der Waals surface area (Å²) in [5, 5.41) is 2.63. The normalized spacial score (nSPS) is 14.0. The molecule has 0 spiro atoms. The van der Waals surface area contributed by atoms with Crippen LogP contribution in [0.25, 0.3) is 36.9 Å². The number of para-hydroxylation sites is 4. The van der Waals surface area contributed by atoms with Gasteiger partial charge in [0.2, 0.25) is 0 Å². The van der Waals surface area contributed by atoms with Crippen LogP contribution in [-0.4, -0.2) is 6.04 Å². The Bertz CT molecular complexity index is 2400. The minimum atomic E-state index is 0.241. The van der Waals surface area contributed by atoms with Crippen LogP contribution in [0.1, 0.15) is 12.0 Å². The third-order valence-corrected chi connectivity index (χ3v) is 11.0. The summed E-state index contributed by atoms with van der Waals surface area (Å²) >= 11 is 1.89. The number of rotatable bonds is 8. The minimum Gasteiger partial charge on any atom is -0.334 e. The maximum absolute atomic E-state index is 2.44. The third-order valence-electron chi connectivity index (χ3n) is 9.77. The molecule has 0 fully saturated rings. The summed E-state index contributed by atoms with van der Waals surface area (Å²) in [5.74, 6) is 0. The molecule has 2 nitrogen and oxygen atoms in total. The second kappa shape index (κ2) is 13.6. The van der Waals surface area contributed by atoms with E-state index in [4.69, 9.17) is 0 Å². The highest BCUT2D eigenvalue weighted by Crippen LogP contribution is 2.43. The molecule has 1 unspecified atom stereocenters. The molecular weight excluding hydrogens is 637 g/mol. The first kappa shape index (κ1) is 30.9. The van der Waals surface area contributed by atoms with E-state index < -0.39 is 0 Å². The van der Waals surface area contributed by atoms with Gasteiger partial charge in [0.15, 0.2) is 0 Å². The predicted molar refractivity (Wildman–Crippen MR) is 220 cm³/mol. The molecule has 0 bridgehead atoms. The molecule has 0 saturated heterocycles. The van der Waals surface area contributed by atoms with Crippen LogP contribution in [-0.2, 0) is 0 Å². The van der Waals surface area contributed by atoms with Gasteiger partial charge in [-0.2, -0.15) is 0 Å². The van der Waals surface area contributed by atoms with Crippen molar-refractivity contribution in [1.29, 1.82) is 0 Å². The number of hydrogen-bond donors (Lipinski definition) is 0. The fourth-order valence-corrected chi connectivity index (χ4v) is 8.54. The molecule has 8 aromatic rings. The summed E-state index contributed by atoms with van der Waals surface area (Å²) < 4.78 is 2.64. The van der Waals surface area contributed by atoms with E-state index in [2.05, 4.69) is 210 Å². The van der Waals surface area contributed by atoms with E-state index in [1.165, 1.54) is 53.8 Å². The van der Waals surface area contributed by atoms with E-state index in [1.807, 2.05) is 11.3 Å². The van der Waals surface area contributed by atoms with Crippen molar-refractivity contribution < 1.29 is 0 Å². The lowest BCUT2D eigenvalue weighted by atomic mass is 9.94. The summed E-state index contributed by atoms with van der Waals surface area (Å²) in [5.41, 5.74) is 10.9. The first-order valence-electron chi connectivity index (χ1n) is 17.5. The van der Waals surface area contributed by atoms with Crippen molar-refractivity contribution in [1.82, 2.24) is 0 Å². The molecule has 0 amide bonds.